The molecule has 1 aromatic carbocycles. The largest absolute Gasteiger partial charge is 0.397 e. The number of nitrogen functional groups attached to an aromatic ring is 1. The van der Waals surface area contributed by atoms with Crippen molar-refractivity contribution >= 4 is 46.1 Å². The first kappa shape index (κ1) is 14.2. The molecule has 0 aliphatic rings. The van der Waals surface area contributed by atoms with Crippen LogP contribution in [0.4, 0.5) is 5.69 Å². The molecular weight excluding hydrogens is 303 g/mol. The topological polar surface area (TPSA) is 46.3 Å². The first-order chi connectivity index (χ1) is 9.00. The second-order valence-corrected chi connectivity index (χ2v) is 5.78. The number of anilines is 1. The molecule has 0 fully saturated rings. The van der Waals surface area contributed by atoms with Crippen molar-refractivity contribution in [2.75, 3.05) is 12.8 Å². The third-order valence-corrected chi connectivity index (χ3v) is 4.45. The summed E-state index contributed by atoms with van der Waals surface area (Å²) in [4.78, 5) is 14.3. The van der Waals surface area contributed by atoms with Gasteiger partial charge in [-0.15, -0.1) is 11.3 Å². The Morgan fingerprint density at radius 1 is 1.37 bits per heavy atom. The predicted octanol–water partition coefficient (Wildman–Crippen LogP) is 3.91. The van der Waals surface area contributed by atoms with E-state index >= 15 is 0 Å². The number of thiophene rings is 1. The van der Waals surface area contributed by atoms with E-state index in [0.29, 0.717) is 27.2 Å². The molecule has 1 heterocycles. The molecule has 0 radical (unpaired) electrons. The van der Waals surface area contributed by atoms with Crippen LogP contribution in [-0.2, 0) is 6.54 Å². The molecule has 19 heavy (non-hydrogen) atoms. The fourth-order valence-electron chi connectivity index (χ4n) is 1.66. The van der Waals surface area contributed by atoms with Crippen LogP contribution in [0.15, 0.2) is 29.6 Å². The lowest BCUT2D eigenvalue weighted by atomic mass is 10.2. The number of rotatable bonds is 3. The van der Waals surface area contributed by atoms with Crippen LogP contribution in [-0.4, -0.2) is 17.9 Å². The van der Waals surface area contributed by atoms with Gasteiger partial charge in [0.05, 0.1) is 15.7 Å². The smallest absolute Gasteiger partial charge is 0.266 e. The summed E-state index contributed by atoms with van der Waals surface area (Å²) in [6.07, 6.45) is 0. The lowest BCUT2D eigenvalue weighted by molar-refractivity contribution is 0.0791. The van der Waals surface area contributed by atoms with Gasteiger partial charge in [-0.05, 0) is 23.1 Å². The third-order valence-electron chi connectivity index (χ3n) is 2.68. The van der Waals surface area contributed by atoms with Crippen molar-refractivity contribution in [1.82, 2.24) is 4.90 Å². The Hall–Kier alpha value is -1.23. The maximum atomic E-state index is 12.2. The first-order valence-electron chi connectivity index (χ1n) is 5.52. The summed E-state index contributed by atoms with van der Waals surface area (Å²) in [6.45, 7) is 0.384. The predicted molar refractivity (Wildman–Crippen MR) is 81.0 cm³/mol. The van der Waals surface area contributed by atoms with Crippen LogP contribution in [0.3, 0.4) is 0 Å². The number of amides is 1. The molecule has 0 aliphatic heterocycles. The van der Waals surface area contributed by atoms with E-state index in [9.17, 15) is 4.79 Å². The zero-order valence-electron chi connectivity index (χ0n) is 10.2. The Bertz CT molecular complexity index is 612. The summed E-state index contributed by atoms with van der Waals surface area (Å²) in [5.74, 6) is -0.122. The van der Waals surface area contributed by atoms with E-state index in [-0.39, 0.29) is 5.91 Å². The molecule has 6 heteroatoms. The number of benzene rings is 1. The Labute approximate surface area is 125 Å². The van der Waals surface area contributed by atoms with E-state index < -0.39 is 0 Å². The molecular formula is C13H12Cl2N2OS. The molecule has 0 saturated heterocycles. The molecule has 0 spiro atoms. The number of carbonyl (C=O) groups excluding carboxylic acids is 1. The van der Waals surface area contributed by atoms with Crippen LogP contribution >= 0.6 is 34.5 Å². The minimum atomic E-state index is -0.122. The van der Waals surface area contributed by atoms with Crippen molar-refractivity contribution in [1.29, 1.82) is 0 Å². The molecule has 100 valence electrons. The zero-order chi connectivity index (χ0) is 14.0. The summed E-state index contributed by atoms with van der Waals surface area (Å²) in [5.41, 5.74) is 7.05. The van der Waals surface area contributed by atoms with Crippen molar-refractivity contribution in [3.05, 3.63) is 50.1 Å². The highest BCUT2D eigenvalue weighted by molar-refractivity contribution is 7.12. The van der Waals surface area contributed by atoms with Gasteiger partial charge in [0.2, 0.25) is 0 Å². The number of nitrogens with two attached hydrogens (primary N) is 1. The molecule has 2 rings (SSSR count). The molecule has 0 saturated carbocycles. The van der Waals surface area contributed by atoms with Gasteiger partial charge in [0.1, 0.15) is 4.88 Å². The molecule has 0 atom stereocenters. The number of hydrogen-bond acceptors (Lipinski definition) is 3. The van der Waals surface area contributed by atoms with E-state index in [1.165, 1.54) is 11.3 Å². The number of carbonyl (C=O) groups is 1. The molecule has 3 nitrogen and oxygen atoms in total. The lowest BCUT2D eigenvalue weighted by Crippen LogP contribution is -2.26. The van der Waals surface area contributed by atoms with Crippen molar-refractivity contribution in [3.8, 4) is 0 Å². The average molecular weight is 315 g/mol. The van der Waals surface area contributed by atoms with E-state index in [1.54, 1.807) is 35.5 Å². The summed E-state index contributed by atoms with van der Waals surface area (Å²) < 4.78 is 0. The van der Waals surface area contributed by atoms with E-state index in [4.69, 9.17) is 28.9 Å². The maximum Gasteiger partial charge on any atom is 0.266 e. The minimum absolute atomic E-state index is 0.122. The summed E-state index contributed by atoms with van der Waals surface area (Å²) in [5, 5.41) is 2.75. The monoisotopic (exact) mass is 314 g/mol. The van der Waals surface area contributed by atoms with Crippen LogP contribution in [0.2, 0.25) is 10.0 Å². The normalized spacial score (nSPS) is 10.5. The van der Waals surface area contributed by atoms with Gasteiger partial charge in [-0.3, -0.25) is 4.79 Å². The average Bonchev–Trinajstić information content (AvgIpc) is 2.80. The SMILES string of the molecule is CN(Cc1cccc(Cl)c1Cl)C(=O)c1sccc1N. The van der Waals surface area contributed by atoms with Gasteiger partial charge in [-0.1, -0.05) is 35.3 Å². The van der Waals surface area contributed by atoms with Crippen LogP contribution in [0.5, 0.6) is 0 Å². The lowest BCUT2D eigenvalue weighted by Gasteiger charge is -2.18. The Morgan fingerprint density at radius 3 is 2.74 bits per heavy atom. The number of halogens is 2. The quantitative estimate of drug-likeness (QED) is 0.933. The van der Waals surface area contributed by atoms with Gasteiger partial charge in [0, 0.05) is 13.6 Å². The molecule has 2 aromatic rings. The van der Waals surface area contributed by atoms with Gasteiger partial charge in [0.15, 0.2) is 0 Å². The van der Waals surface area contributed by atoms with Crippen molar-refractivity contribution in [2.45, 2.75) is 6.54 Å². The van der Waals surface area contributed by atoms with Crippen molar-refractivity contribution < 1.29 is 4.79 Å². The molecule has 0 unspecified atom stereocenters. The second-order valence-electron chi connectivity index (χ2n) is 4.08. The minimum Gasteiger partial charge on any atom is -0.397 e. The van der Waals surface area contributed by atoms with Gasteiger partial charge >= 0.3 is 0 Å². The van der Waals surface area contributed by atoms with Crippen molar-refractivity contribution in [2.24, 2.45) is 0 Å². The van der Waals surface area contributed by atoms with Crippen LogP contribution in [0.25, 0.3) is 0 Å². The highest BCUT2D eigenvalue weighted by Crippen LogP contribution is 2.27. The van der Waals surface area contributed by atoms with E-state index in [1.807, 2.05) is 6.07 Å². The number of nitrogens with zero attached hydrogens (tertiary/aromatic N) is 1. The fraction of sp³-hybridized carbons (Fsp3) is 0.154. The van der Waals surface area contributed by atoms with Crippen molar-refractivity contribution in [3.63, 3.8) is 0 Å². The van der Waals surface area contributed by atoms with E-state index in [0.717, 1.165) is 5.56 Å². The molecule has 0 bridgehead atoms. The highest BCUT2D eigenvalue weighted by Gasteiger charge is 2.17. The number of hydrogen-bond donors (Lipinski definition) is 1. The third kappa shape index (κ3) is 3.03. The Kier molecular flexibility index (Phi) is 4.34. The summed E-state index contributed by atoms with van der Waals surface area (Å²) in [7, 11) is 1.71. The second kappa shape index (κ2) is 5.82. The van der Waals surface area contributed by atoms with Gasteiger partial charge in [-0.2, -0.15) is 0 Å². The van der Waals surface area contributed by atoms with E-state index in [2.05, 4.69) is 0 Å². The molecule has 0 aliphatic carbocycles. The van der Waals surface area contributed by atoms with Gasteiger partial charge in [0.25, 0.3) is 5.91 Å². The first-order valence-corrected chi connectivity index (χ1v) is 7.15. The maximum absolute atomic E-state index is 12.2. The Morgan fingerprint density at radius 2 is 2.11 bits per heavy atom. The fourth-order valence-corrected chi connectivity index (χ4v) is 2.86. The Balaban J connectivity index is 2.18. The molecule has 1 aromatic heterocycles. The molecule has 2 N–H and O–H groups in total. The summed E-state index contributed by atoms with van der Waals surface area (Å²) in [6, 6.07) is 7.09. The molecule has 1 amide bonds. The van der Waals surface area contributed by atoms with Crippen LogP contribution in [0, 0.1) is 0 Å². The van der Waals surface area contributed by atoms with Gasteiger partial charge in [-0.25, -0.2) is 0 Å². The zero-order valence-corrected chi connectivity index (χ0v) is 12.5. The van der Waals surface area contributed by atoms with Crippen LogP contribution < -0.4 is 5.73 Å². The van der Waals surface area contributed by atoms with Gasteiger partial charge < -0.3 is 10.6 Å². The summed E-state index contributed by atoms with van der Waals surface area (Å²) >= 11 is 13.4. The van der Waals surface area contributed by atoms with Crippen LogP contribution in [0.1, 0.15) is 15.2 Å². The standard InChI is InChI=1S/C13H12Cl2N2OS/c1-17(13(18)12-10(16)5-6-19-12)7-8-3-2-4-9(14)11(8)15/h2-6H,7,16H2,1H3. The highest BCUT2D eigenvalue weighted by atomic mass is 35.5.